The van der Waals surface area contributed by atoms with E-state index in [1.807, 2.05) is 30.3 Å². The fourth-order valence-electron chi connectivity index (χ4n) is 1.53. The number of methoxy groups -OCH3 is 1. The molecule has 2 heteroatoms. The second-order valence-corrected chi connectivity index (χ2v) is 3.94. The predicted molar refractivity (Wildman–Crippen MR) is 67.8 cm³/mol. The van der Waals surface area contributed by atoms with Crippen molar-refractivity contribution in [2.75, 3.05) is 7.11 Å². The molecule has 2 aromatic rings. The standard InChI is InChI=1S/C13H13OP/c1-14-11-7-8-13(15)12(9-11)10-5-3-2-4-6-10/h2-9H,15H2,1H3. The molecule has 0 N–H and O–H groups in total. The largest absolute Gasteiger partial charge is 0.497 e. The second-order valence-electron chi connectivity index (χ2n) is 3.32. The lowest BCUT2D eigenvalue weighted by Gasteiger charge is -2.08. The highest BCUT2D eigenvalue weighted by Crippen LogP contribution is 2.23. The van der Waals surface area contributed by atoms with Crippen molar-refractivity contribution in [3.05, 3.63) is 48.5 Å². The van der Waals surface area contributed by atoms with Crippen LogP contribution in [-0.2, 0) is 0 Å². The Morgan fingerprint density at radius 1 is 1.00 bits per heavy atom. The Morgan fingerprint density at radius 2 is 1.73 bits per heavy atom. The van der Waals surface area contributed by atoms with Crippen LogP contribution in [0.1, 0.15) is 0 Å². The van der Waals surface area contributed by atoms with Gasteiger partial charge < -0.3 is 4.74 Å². The summed E-state index contributed by atoms with van der Waals surface area (Å²) in [5, 5.41) is 1.18. The van der Waals surface area contributed by atoms with E-state index in [0.717, 1.165) is 5.75 Å². The van der Waals surface area contributed by atoms with Gasteiger partial charge in [0.25, 0.3) is 0 Å². The maximum Gasteiger partial charge on any atom is 0.119 e. The number of rotatable bonds is 2. The highest BCUT2D eigenvalue weighted by atomic mass is 31.0. The van der Waals surface area contributed by atoms with Crippen LogP contribution in [0.15, 0.2) is 48.5 Å². The van der Waals surface area contributed by atoms with Gasteiger partial charge in [0.2, 0.25) is 0 Å². The van der Waals surface area contributed by atoms with Crippen LogP contribution >= 0.6 is 9.24 Å². The summed E-state index contributed by atoms with van der Waals surface area (Å²) in [5.41, 5.74) is 2.40. The number of benzene rings is 2. The summed E-state index contributed by atoms with van der Waals surface area (Å²) in [6, 6.07) is 16.4. The molecule has 15 heavy (non-hydrogen) atoms. The molecule has 0 aliphatic heterocycles. The molecule has 0 aliphatic carbocycles. The van der Waals surface area contributed by atoms with Gasteiger partial charge in [-0.2, -0.15) is 0 Å². The average Bonchev–Trinajstić information content (AvgIpc) is 2.31. The van der Waals surface area contributed by atoms with Crippen LogP contribution < -0.4 is 10.0 Å². The molecular formula is C13H13OP. The van der Waals surface area contributed by atoms with Crippen LogP contribution in [0.4, 0.5) is 0 Å². The molecule has 2 aromatic carbocycles. The first-order chi connectivity index (χ1) is 7.31. The van der Waals surface area contributed by atoms with Gasteiger partial charge in [0, 0.05) is 0 Å². The van der Waals surface area contributed by atoms with E-state index in [-0.39, 0.29) is 0 Å². The zero-order valence-corrected chi connectivity index (χ0v) is 9.76. The molecule has 0 amide bonds. The highest BCUT2D eigenvalue weighted by molar-refractivity contribution is 7.28. The first-order valence-corrected chi connectivity index (χ1v) is 5.38. The molecule has 0 heterocycles. The Balaban J connectivity index is 2.52. The van der Waals surface area contributed by atoms with Crippen LogP contribution in [0.2, 0.25) is 0 Å². The molecule has 0 aliphatic rings. The predicted octanol–water partition coefficient (Wildman–Crippen LogP) is 2.86. The summed E-state index contributed by atoms with van der Waals surface area (Å²) in [5.74, 6) is 0.889. The molecule has 0 aromatic heterocycles. The smallest absolute Gasteiger partial charge is 0.119 e. The Bertz CT molecular complexity index is 451. The molecule has 0 bridgehead atoms. The average molecular weight is 216 g/mol. The first-order valence-electron chi connectivity index (χ1n) is 4.80. The molecular weight excluding hydrogens is 203 g/mol. The molecule has 0 spiro atoms. The summed E-state index contributed by atoms with van der Waals surface area (Å²) in [6.07, 6.45) is 0. The Labute approximate surface area is 92.3 Å². The molecule has 76 valence electrons. The van der Waals surface area contributed by atoms with E-state index < -0.39 is 0 Å². The van der Waals surface area contributed by atoms with Crippen LogP contribution in [0, 0.1) is 0 Å². The molecule has 0 saturated heterocycles. The second kappa shape index (κ2) is 4.46. The van der Waals surface area contributed by atoms with E-state index >= 15 is 0 Å². The highest BCUT2D eigenvalue weighted by Gasteiger charge is 2.02. The fraction of sp³-hybridized carbons (Fsp3) is 0.0769. The van der Waals surface area contributed by atoms with E-state index in [1.54, 1.807) is 7.11 Å². The minimum Gasteiger partial charge on any atom is -0.497 e. The summed E-state index contributed by atoms with van der Waals surface area (Å²) in [6.45, 7) is 0. The maximum absolute atomic E-state index is 5.22. The number of hydrogen-bond donors (Lipinski definition) is 0. The first kappa shape index (κ1) is 10.2. The van der Waals surface area contributed by atoms with Gasteiger partial charge in [0.15, 0.2) is 0 Å². The van der Waals surface area contributed by atoms with Crippen LogP contribution in [0.25, 0.3) is 11.1 Å². The van der Waals surface area contributed by atoms with E-state index in [2.05, 4.69) is 27.4 Å². The fourth-order valence-corrected chi connectivity index (χ4v) is 1.88. The summed E-state index contributed by atoms with van der Waals surface area (Å²) in [4.78, 5) is 0. The molecule has 1 unspecified atom stereocenters. The maximum atomic E-state index is 5.22. The molecule has 0 radical (unpaired) electrons. The minimum absolute atomic E-state index is 0.889. The number of ether oxygens (including phenoxy) is 1. The normalized spacial score (nSPS) is 10.0. The third-order valence-corrected chi connectivity index (χ3v) is 2.85. The third kappa shape index (κ3) is 2.19. The minimum atomic E-state index is 0.889. The van der Waals surface area contributed by atoms with Gasteiger partial charge in [0.05, 0.1) is 7.11 Å². The number of hydrogen-bond acceptors (Lipinski definition) is 1. The van der Waals surface area contributed by atoms with Crippen LogP contribution in [0.5, 0.6) is 5.75 Å². The third-order valence-electron chi connectivity index (χ3n) is 2.35. The van der Waals surface area contributed by atoms with Crippen LogP contribution in [-0.4, -0.2) is 7.11 Å². The molecule has 2 rings (SSSR count). The van der Waals surface area contributed by atoms with Crippen molar-refractivity contribution in [1.29, 1.82) is 0 Å². The Kier molecular flexibility index (Phi) is 3.03. The lowest BCUT2D eigenvalue weighted by Crippen LogP contribution is -1.97. The van der Waals surface area contributed by atoms with E-state index in [4.69, 9.17) is 4.74 Å². The van der Waals surface area contributed by atoms with Crippen LogP contribution in [0.3, 0.4) is 0 Å². The monoisotopic (exact) mass is 216 g/mol. The van der Waals surface area contributed by atoms with Crippen molar-refractivity contribution >= 4 is 14.5 Å². The van der Waals surface area contributed by atoms with Crippen molar-refractivity contribution in [1.82, 2.24) is 0 Å². The summed E-state index contributed by atoms with van der Waals surface area (Å²) < 4.78 is 5.22. The van der Waals surface area contributed by atoms with Crippen molar-refractivity contribution in [3.8, 4) is 16.9 Å². The van der Waals surface area contributed by atoms with Crippen molar-refractivity contribution in [2.45, 2.75) is 0 Å². The molecule has 1 atom stereocenters. The van der Waals surface area contributed by atoms with E-state index in [9.17, 15) is 0 Å². The van der Waals surface area contributed by atoms with Gasteiger partial charge in [-0.1, -0.05) is 36.4 Å². The van der Waals surface area contributed by atoms with E-state index in [0.29, 0.717) is 0 Å². The Morgan fingerprint density at radius 3 is 2.40 bits per heavy atom. The SMILES string of the molecule is COc1ccc(P)c(-c2ccccc2)c1. The van der Waals surface area contributed by atoms with Gasteiger partial charge in [-0.15, -0.1) is 9.24 Å². The van der Waals surface area contributed by atoms with Gasteiger partial charge in [-0.25, -0.2) is 0 Å². The lowest BCUT2D eigenvalue weighted by molar-refractivity contribution is 0.415. The quantitative estimate of drug-likeness (QED) is 0.701. The molecule has 1 nitrogen and oxygen atoms in total. The zero-order valence-electron chi connectivity index (χ0n) is 8.60. The lowest BCUT2D eigenvalue weighted by atomic mass is 10.1. The summed E-state index contributed by atoms with van der Waals surface area (Å²) >= 11 is 0. The van der Waals surface area contributed by atoms with Gasteiger partial charge >= 0.3 is 0 Å². The summed E-state index contributed by atoms with van der Waals surface area (Å²) in [7, 11) is 4.43. The zero-order chi connectivity index (χ0) is 10.7. The molecule has 0 saturated carbocycles. The Hall–Kier alpha value is -1.33. The topological polar surface area (TPSA) is 9.23 Å². The van der Waals surface area contributed by atoms with Crippen molar-refractivity contribution < 1.29 is 4.74 Å². The molecule has 0 fully saturated rings. The van der Waals surface area contributed by atoms with Crippen molar-refractivity contribution in [2.24, 2.45) is 0 Å². The van der Waals surface area contributed by atoms with Gasteiger partial charge in [0.1, 0.15) is 5.75 Å². The van der Waals surface area contributed by atoms with Crippen molar-refractivity contribution in [3.63, 3.8) is 0 Å². The van der Waals surface area contributed by atoms with Gasteiger partial charge in [-0.05, 0) is 28.6 Å². The van der Waals surface area contributed by atoms with E-state index in [1.165, 1.54) is 16.4 Å². The van der Waals surface area contributed by atoms with Gasteiger partial charge in [-0.3, -0.25) is 0 Å².